The summed E-state index contributed by atoms with van der Waals surface area (Å²) in [5.41, 5.74) is 1.25. The third-order valence-electron chi connectivity index (χ3n) is 5.88. The fourth-order valence-corrected chi connectivity index (χ4v) is 4.67. The molecule has 5 heteroatoms. The maximum atomic E-state index is 12.3. The minimum atomic E-state index is -0.631. The van der Waals surface area contributed by atoms with E-state index in [0.717, 1.165) is 11.3 Å². The van der Waals surface area contributed by atoms with Crippen molar-refractivity contribution in [1.82, 2.24) is 10.3 Å². The maximum absolute atomic E-state index is 12.3. The van der Waals surface area contributed by atoms with Gasteiger partial charge in [-0.25, -0.2) is 0 Å². The van der Waals surface area contributed by atoms with Gasteiger partial charge in [0.15, 0.2) is 0 Å². The topological polar surface area (TPSA) is 71.1 Å². The first-order valence-corrected chi connectivity index (χ1v) is 9.07. The Labute approximate surface area is 147 Å². The minimum Gasteiger partial charge on any atom is -0.345 e. The van der Waals surface area contributed by atoms with E-state index >= 15 is 0 Å². The monoisotopic (exact) mass is 337 g/mol. The first-order valence-electron chi connectivity index (χ1n) is 9.07. The molecule has 2 bridgehead atoms. The first-order chi connectivity index (χ1) is 12.1. The Morgan fingerprint density at radius 2 is 1.96 bits per heavy atom. The SMILES string of the molecule is CC(NC(=O)C(=O)Nc1cccc2cccnc12)C1CC2CCC1C2. The number of nitrogens with one attached hydrogen (secondary N) is 2. The van der Waals surface area contributed by atoms with Crippen LogP contribution in [-0.4, -0.2) is 22.8 Å². The smallest absolute Gasteiger partial charge is 0.313 e. The van der Waals surface area contributed by atoms with Gasteiger partial charge >= 0.3 is 11.8 Å². The van der Waals surface area contributed by atoms with E-state index in [-0.39, 0.29) is 6.04 Å². The van der Waals surface area contributed by atoms with Crippen LogP contribution in [-0.2, 0) is 9.59 Å². The third kappa shape index (κ3) is 3.11. The van der Waals surface area contributed by atoms with E-state index in [1.54, 1.807) is 12.3 Å². The van der Waals surface area contributed by atoms with Crippen LogP contribution < -0.4 is 10.6 Å². The zero-order chi connectivity index (χ0) is 17.4. The second kappa shape index (κ2) is 6.47. The number of benzene rings is 1. The molecule has 0 radical (unpaired) electrons. The standard InChI is InChI=1S/C20H23N3O2/c1-12(16-11-13-7-8-15(16)10-13)22-19(24)20(25)23-17-6-2-4-14-5-3-9-21-18(14)17/h2-6,9,12-13,15-16H,7-8,10-11H2,1H3,(H,22,24)(H,23,25). The number of amides is 2. The zero-order valence-corrected chi connectivity index (χ0v) is 14.4. The number of carbonyl (C=O) groups excluding carboxylic acids is 2. The molecule has 1 aromatic carbocycles. The van der Waals surface area contributed by atoms with Crippen molar-refractivity contribution in [3.63, 3.8) is 0 Å². The van der Waals surface area contributed by atoms with Crippen LogP contribution in [0.15, 0.2) is 36.5 Å². The molecule has 2 saturated carbocycles. The second-order valence-electron chi connectivity index (χ2n) is 7.44. The molecule has 1 aromatic heterocycles. The van der Waals surface area contributed by atoms with Crippen LogP contribution in [0, 0.1) is 17.8 Å². The summed E-state index contributed by atoms with van der Waals surface area (Å²) in [5, 5.41) is 6.53. The van der Waals surface area contributed by atoms with Crippen LogP contribution >= 0.6 is 0 Å². The van der Waals surface area contributed by atoms with Crippen LogP contribution in [0.1, 0.15) is 32.6 Å². The fourth-order valence-electron chi connectivity index (χ4n) is 4.67. The highest BCUT2D eigenvalue weighted by Gasteiger charge is 2.42. The lowest BCUT2D eigenvalue weighted by Gasteiger charge is -2.28. The van der Waals surface area contributed by atoms with Gasteiger partial charge in [0.1, 0.15) is 0 Å². The minimum absolute atomic E-state index is 0.0409. The number of para-hydroxylation sites is 1. The van der Waals surface area contributed by atoms with Crippen molar-refractivity contribution in [1.29, 1.82) is 0 Å². The van der Waals surface area contributed by atoms with E-state index in [2.05, 4.69) is 15.6 Å². The number of hydrogen-bond acceptors (Lipinski definition) is 3. The lowest BCUT2D eigenvalue weighted by molar-refractivity contribution is -0.136. The van der Waals surface area contributed by atoms with E-state index < -0.39 is 11.8 Å². The second-order valence-corrected chi connectivity index (χ2v) is 7.44. The molecule has 5 nitrogen and oxygen atoms in total. The van der Waals surface area contributed by atoms with Gasteiger partial charge < -0.3 is 10.6 Å². The van der Waals surface area contributed by atoms with E-state index in [1.807, 2.05) is 31.2 Å². The Bertz CT molecular complexity index is 814. The van der Waals surface area contributed by atoms with Gasteiger partial charge in [0.25, 0.3) is 0 Å². The Morgan fingerprint density at radius 3 is 2.72 bits per heavy atom. The maximum Gasteiger partial charge on any atom is 0.313 e. The van der Waals surface area contributed by atoms with E-state index in [4.69, 9.17) is 0 Å². The molecule has 4 unspecified atom stereocenters. The van der Waals surface area contributed by atoms with Crippen LogP contribution in [0.25, 0.3) is 10.9 Å². The number of carbonyl (C=O) groups is 2. The Kier molecular flexibility index (Phi) is 4.15. The molecule has 4 atom stereocenters. The Morgan fingerprint density at radius 1 is 1.12 bits per heavy atom. The largest absolute Gasteiger partial charge is 0.345 e. The Hall–Kier alpha value is -2.43. The zero-order valence-electron chi connectivity index (χ0n) is 14.4. The highest BCUT2D eigenvalue weighted by atomic mass is 16.2. The van der Waals surface area contributed by atoms with Gasteiger partial charge in [-0.2, -0.15) is 0 Å². The number of hydrogen-bond donors (Lipinski definition) is 2. The van der Waals surface area contributed by atoms with E-state index in [9.17, 15) is 9.59 Å². The summed E-state index contributed by atoms with van der Waals surface area (Å²) >= 11 is 0. The van der Waals surface area contributed by atoms with Crippen molar-refractivity contribution >= 4 is 28.4 Å². The van der Waals surface area contributed by atoms with Crippen LogP contribution in [0.2, 0.25) is 0 Å². The molecule has 2 fully saturated rings. The summed E-state index contributed by atoms with van der Waals surface area (Å²) in [6, 6.07) is 9.34. The highest BCUT2D eigenvalue weighted by Crippen LogP contribution is 2.49. The lowest BCUT2D eigenvalue weighted by Crippen LogP contribution is -2.45. The average Bonchev–Trinajstić information content (AvgIpc) is 3.25. The predicted octanol–water partition coefficient (Wildman–Crippen LogP) is 3.11. The van der Waals surface area contributed by atoms with Gasteiger partial charge in [-0.3, -0.25) is 14.6 Å². The summed E-state index contributed by atoms with van der Waals surface area (Å²) in [7, 11) is 0. The lowest BCUT2D eigenvalue weighted by atomic mass is 9.84. The quantitative estimate of drug-likeness (QED) is 0.846. The van der Waals surface area contributed by atoms with Gasteiger partial charge in [-0.15, -0.1) is 0 Å². The van der Waals surface area contributed by atoms with Crippen LogP contribution in [0.4, 0.5) is 5.69 Å². The van der Waals surface area contributed by atoms with Gasteiger partial charge in [-0.05, 0) is 56.1 Å². The number of aromatic nitrogens is 1. The van der Waals surface area contributed by atoms with Crippen molar-refractivity contribution < 1.29 is 9.59 Å². The molecule has 0 saturated heterocycles. The molecule has 2 aliphatic rings. The highest BCUT2D eigenvalue weighted by molar-refractivity contribution is 6.40. The summed E-state index contributed by atoms with van der Waals surface area (Å²) in [5.74, 6) is 0.849. The average molecular weight is 337 g/mol. The normalized spacial score (nSPS) is 25.7. The number of pyridine rings is 1. The van der Waals surface area contributed by atoms with Crippen molar-refractivity contribution in [2.75, 3.05) is 5.32 Å². The Balaban J connectivity index is 1.41. The van der Waals surface area contributed by atoms with Gasteiger partial charge in [0.2, 0.25) is 0 Å². The van der Waals surface area contributed by atoms with Crippen molar-refractivity contribution in [3.8, 4) is 0 Å². The molecule has 2 aromatic rings. The molecule has 2 amide bonds. The van der Waals surface area contributed by atoms with E-state index in [1.165, 1.54) is 25.7 Å². The molecule has 130 valence electrons. The molecule has 4 rings (SSSR count). The van der Waals surface area contributed by atoms with Crippen molar-refractivity contribution in [2.45, 2.75) is 38.6 Å². The van der Waals surface area contributed by atoms with Crippen LogP contribution in [0.5, 0.6) is 0 Å². The summed E-state index contributed by atoms with van der Waals surface area (Å²) in [6.45, 7) is 2.02. The molecular weight excluding hydrogens is 314 g/mol. The molecule has 0 spiro atoms. The van der Waals surface area contributed by atoms with Crippen LogP contribution in [0.3, 0.4) is 0 Å². The summed E-state index contributed by atoms with van der Waals surface area (Å²) in [4.78, 5) is 28.9. The van der Waals surface area contributed by atoms with E-state index in [0.29, 0.717) is 23.0 Å². The molecule has 2 N–H and O–H groups in total. The number of anilines is 1. The predicted molar refractivity (Wildman–Crippen MR) is 96.9 cm³/mol. The van der Waals surface area contributed by atoms with Crippen molar-refractivity contribution in [2.24, 2.45) is 17.8 Å². The number of fused-ring (bicyclic) bond motifs is 3. The first kappa shape index (κ1) is 16.1. The number of nitrogens with zero attached hydrogens (tertiary/aromatic N) is 1. The molecule has 2 aliphatic carbocycles. The van der Waals surface area contributed by atoms with Crippen molar-refractivity contribution in [3.05, 3.63) is 36.5 Å². The van der Waals surface area contributed by atoms with Gasteiger partial charge in [0, 0.05) is 17.6 Å². The van der Waals surface area contributed by atoms with Gasteiger partial charge in [-0.1, -0.05) is 24.6 Å². The van der Waals surface area contributed by atoms with Gasteiger partial charge in [0.05, 0.1) is 11.2 Å². The molecule has 0 aliphatic heterocycles. The summed E-state index contributed by atoms with van der Waals surface area (Å²) < 4.78 is 0. The molecule has 1 heterocycles. The third-order valence-corrected chi connectivity index (χ3v) is 5.88. The molecular formula is C20H23N3O2. The fraction of sp³-hybridized carbons (Fsp3) is 0.450. The number of rotatable bonds is 3. The molecule has 25 heavy (non-hydrogen) atoms. The summed E-state index contributed by atoms with van der Waals surface area (Å²) in [6.07, 6.45) is 6.74.